The average Bonchev–Trinajstić information content (AvgIpc) is 2.93. The van der Waals surface area contributed by atoms with Crippen molar-refractivity contribution in [1.82, 2.24) is 9.97 Å². The number of halogens is 3. The molecule has 3 rings (SSSR count). The Labute approximate surface area is 254 Å². The summed E-state index contributed by atoms with van der Waals surface area (Å²) in [5.41, 5.74) is 1.06. The molecule has 0 saturated heterocycles. The van der Waals surface area contributed by atoms with Crippen molar-refractivity contribution in [1.29, 1.82) is 5.26 Å². The summed E-state index contributed by atoms with van der Waals surface area (Å²) in [6.07, 6.45) is 2.37. The second kappa shape index (κ2) is 13.7. The van der Waals surface area contributed by atoms with Gasteiger partial charge in [-0.15, -0.1) is 0 Å². The zero-order valence-electron chi connectivity index (χ0n) is 24.5. The maximum Gasteiger partial charge on any atom is 0.306 e. The number of nitrogens with zero attached hydrogens (tertiary/aromatic N) is 3. The van der Waals surface area contributed by atoms with Gasteiger partial charge in [0, 0.05) is 18.0 Å². The number of rotatable bonds is 12. The number of esters is 1. The van der Waals surface area contributed by atoms with Crippen LogP contribution in [0.15, 0.2) is 53.8 Å². The van der Waals surface area contributed by atoms with E-state index >= 15 is 0 Å². The molecule has 0 spiro atoms. The Morgan fingerprint density at radius 1 is 1.05 bits per heavy atom. The van der Waals surface area contributed by atoms with E-state index in [0.29, 0.717) is 23.1 Å². The van der Waals surface area contributed by atoms with Crippen LogP contribution in [0.3, 0.4) is 0 Å². The fourth-order valence-corrected chi connectivity index (χ4v) is 4.61. The fourth-order valence-electron chi connectivity index (χ4n) is 3.96. The van der Waals surface area contributed by atoms with E-state index in [1.807, 2.05) is 50.4 Å². The highest BCUT2D eigenvalue weighted by Crippen LogP contribution is 2.39. The summed E-state index contributed by atoms with van der Waals surface area (Å²) in [6, 6.07) is 14.5. The van der Waals surface area contributed by atoms with E-state index in [9.17, 15) is 18.8 Å². The third-order valence-electron chi connectivity index (χ3n) is 6.26. The van der Waals surface area contributed by atoms with Gasteiger partial charge in [0.1, 0.15) is 24.0 Å². The predicted octanol–water partition coefficient (Wildman–Crippen LogP) is 7.76. The second-order valence-electron chi connectivity index (χ2n) is 11.2. The number of carbonyl (C=O) groups is 1. The normalized spacial score (nSPS) is 12.0. The van der Waals surface area contributed by atoms with Crippen molar-refractivity contribution in [2.24, 2.45) is 0 Å². The Kier molecular flexibility index (Phi) is 10.8. The number of aromatic nitrogens is 2. The van der Waals surface area contributed by atoms with Crippen molar-refractivity contribution in [3.8, 4) is 17.6 Å². The number of hydrogen-bond acceptors (Lipinski definition) is 8. The SMILES string of the molecule is CSc1nccc(COc2ccc(C(C)(C)c3cc(Cl)c(OCC(F)(F)CCC(=O)OC(C)(C)C)c(C#N)c3)cc2)n1. The maximum absolute atomic E-state index is 14.5. The molecular formula is C31H34ClF2N3O4S. The molecule has 42 heavy (non-hydrogen) atoms. The van der Waals surface area contributed by atoms with Crippen LogP contribution in [0.1, 0.15) is 69.8 Å². The summed E-state index contributed by atoms with van der Waals surface area (Å²) in [5.74, 6) is -3.53. The third kappa shape index (κ3) is 9.30. The van der Waals surface area contributed by atoms with Gasteiger partial charge in [-0.2, -0.15) is 5.26 Å². The summed E-state index contributed by atoms with van der Waals surface area (Å²) < 4.78 is 45.3. The molecule has 1 heterocycles. The number of hydrogen-bond donors (Lipinski definition) is 0. The van der Waals surface area contributed by atoms with Gasteiger partial charge in [-0.1, -0.05) is 49.3 Å². The first-order chi connectivity index (χ1) is 19.6. The Hall–Kier alpha value is -3.42. The summed E-state index contributed by atoms with van der Waals surface area (Å²) >= 11 is 7.91. The Morgan fingerprint density at radius 3 is 2.36 bits per heavy atom. The van der Waals surface area contributed by atoms with Crippen molar-refractivity contribution in [3.63, 3.8) is 0 Å². The van der Waals surface area contributed by atoms with Crippen LogP contribution >= 0.6 is 23.4 Å². The molecule has 0 bridgehead atoms. The molecule has 0 aliphatic heterocycles. The van der Waals surface area contributed by atoms with Crippen LogP contribution < -0.4 is 9.47 Å². The highest BCUT2D eigenvalue weighted by Gasteiger charge is 2.33. The van der Waals surface area contributed by atoms with E-state index in [0.717, 1.165) is 11.3 Å². The zero-order valence-corrected chi connectivity index (χ0v) is 26.0. The van der Waals surface area contributed by atoms with E-state index in [1.165, 1.54) is 11.8 Å². The highest BCUT2D eigenvalue weighted by molar-refractivity contribution is 7.98. The molecule has 0 unspecified atom stereocenters. The quantitative estimate of drug-likeness (QED) is 0.116. The van der Waals surface area contributed by atoms with Crippen molar-refractivity contribution in [2.75, 3.05) is 12.9 Å². The minimum absolute atomic E-state index is 0.0305. The Balaban J connectivity index is 1.69. The van der Waals surface area contributed by atoms with E-state index in [4.69, 9.17) is 25.8 Å². The molecule has 0 N–H and O–H groups in total. The monoisotopic (exact) mass is 617 g/mol. The van der Waals surface area contributed by atoms with Gasteiger partial charge in [0.15, 0.2) is 17.5 Å². The largest absolute Gasteiger partial charge is 0.487 e. The Bertz CT molecular complexity index is 1440. The van der Waals surface area contributed by atoms with Crippen molar-refractivity contribution >= 4 is 29.3 Å². The number of nitriles is 1. The van der Waals surface area contributed by atoms with Crippen molar-refractivity contribution in [2.45, 2.75) is 76.2 Å². The molecule has 0 saturated carbocycles. The van der Waals surface area contributed by atoms with Crippen LogP contribution in [0.25, 0.3) is 0 Å². The summed E-state index contributed by atoms with van der Waals surface area (Å²) in [5, 5.41) is 10.5. The van der Waals surface area contributed by atoms with Crippen molar-refractivity contribution in [3.05, 3.63) is 76.1 Å². The minimum Gasteiger partial charge on any atom is -0.487 e. The molecule has 1 aromatic heterocycles. The molecular weight excluding hydrogens is 584 g/mol. The topological polar surface area (TPSA) is 94.3 Å². The van der Waals surface area contributed by atoms with Crippen LogP contribution in [0.5, 0.6) is 11.5 Å². The maximum atomic E-state index is 14.5. The average molecular weight is 618 g/mol. The van der Waals surface area contributed by atoms with Crippen LogP contribution in [0, 0.1) is 11.3 Å². The lowest BCUT2D eigenvalue weighted by Crippen LogP contribution is -2.29. The molecule has 11 heteroatoms. The van der Waals surface area contributed by atoms with Gasteiger partial charge in [0.25, 0.3) is 5.92 Å². The van der Waals surface area contributed by atoms with Crippen LogP contribution in [-0.2, 0) is 21.6 Å². The first kappa shape index (κ1) is 33.1. The fraction of sp³-hybridized carbons (Fsp3) is 0.419. The molecule has 0 radical (unpaired) electrons. The van der Waals surface area contributed by atoms with Crippen LogP contribution in [0.2, 0.25) is 5.02 Å². The molecule has 7 nitrogen and oxygen atoms in total. The predicted molar refractivity (Wildman–Crippen MR) is 158 cm³/mol. The van der Waals surface area contributed by atoms with Gasteiger partial charge in [-0.3, -0.25) is 4.79 Å². The van der Waals surface area contributed by atoms with Gasteiger partial charge >= 0.3 is 5.97 Å². The van der Waals surface area contributed by atoms with E-state index < -0.39 is 42.4 Å². The molecule has 2 aromatic carbocycles. The molecule has 0 aliphatic carbocycles. The number of carbonyl (C=O) groups excluding carboxylic acids is 1. The van der Waals surface area contributed by atoms with Crippen LogP contribution in [0.4, 0.5) is 8.78 Å². The first-order valence-electron chi connectivity index (χ1n) is 13.2. The van der Waals surface area contributed by atoms with Crippen molar-refractivity contribution < 1.29 is 27.8 Å². The molecule has 0 aliphatic rings. The lowest BCUT2D eigenvalue weighted by atomic mass is 9.77. The number of benzene rings is 2. The number of thioether (sulfide) groups is 1. The highest BCUT2D eigenvalue weighted by atomic mass is 35.5. The molecule has 0 amide bonds. The van der Waals surface area contributed by atoms with Gasteiger partial charge in [-0.25, -0.2) is 18.7 Å². The zero-order chi connectivity index (χ0) is 31.1. The molecule has 0 fully saturated rings. The summed E-state index contributed by atoms with van der Waals surface area (Å²) in [4.78, 5) is 20.4. The minimum atomic E-state index is -3.33. The third-order valence-corrected chi connectivity index (χ3v) is 7.11. The summed E-state index contributed by atoms with van der Waals surface area (Å²) in [6.45, 7) is 8.17. The lowest BCUT2D eigenvalue weighted by molar-refractivity contribution is -0.157. The molecule has 0 atom stereocenters. The van der Waals surface area contributed by atoms with E-state index in [-0.39, 0.29) is 16.3 Å². The van der Waals surface area contributed by atoms with Crippen LogP contribution in [-0.4, -0.2) is 40.3 Å². The van der Waals surface area contributed by atoms with Gasteiger partial charge in [0.05, 0.1) is 22.7 Å². The first-order valence-corrected chi connectivity index (χ1v) is 14.8. The van der Waals surface area contributed by atoms with E-state index in [1.54, 1.807) is 45.2 Å². The molecule has 3 aromatic rings. The number of alkyl halides is 2. The van der Waals surface area contributed by atoms with Gasteiger partial charge in [0.2, 0.25) is 0 Å². The number of ether oxygens (including phenoxy) is 3. The summed E-state index contributed by atoms with van der Waals surface area (Å²) in [7, 11) is 0. The van der Waals surface area contributed by atoms with Gasteiger partial charge < -0.3 is 14.2 Å². The van der Waals surface area contributed by atoms with Gasteiger partial charge in [-0.05, 0) is 68.5 Å². The smallest absolute Gasteiger partial charge is 0.306 e. The van der Waals surface area contributed by atoms with E-state index in [2.05, 4.69) is 9.97 Å². The standard InChI is InChI=1S/C31H34ClF2N3O4S/c1-29(2,3)41-26(38)11-13-31(33,34)19-40-27-20(17-35)15-22(16-25(27)32)30(4,5)21-7-9-24(10-8-21)39-18-23-12-14-36-28(37-23)42-6/h7-10,12,14-16H,11,13,18-19H2,1-6H3. The second-order valence-corrected chi connectivity index (χ2v) is 12.3. The lowest BCUT2D eigenvalue weighted by Gasteiger charge is -2.27. The Morgan fingerprint density at radius 2 is 1.74 bits per heavy atom. The molecule has 224 valence electrons.